The lowest BCUT2D eigenvalue weighted by molar-refractivity contribution is -0.133. The molecular weight excluding hydrogens is 392 g/mol. The van der Waals surface area contributed by atoms with E-state index in [0.717, 1.165) is 4.90 Å². The van der Waals surface area contributed by atoms with E-state index in [1.54, 1.807) is 72.8 Å². The molecule has 0 unspecified atom stereocenters. The minimum Gasteiger partial charge on any atom is -0.323 e. The molecule has 7 heteroatoms. The lowest BCUT2D eigenvalue weighted by Crippen LogP contribution is -2.45. The van der Waals surface area contributed by atoms with Gasteiger partial charge in [0.15, 0.2) is 5.54 Å². The number of nitrogens with one attached hydrogen (secondary N) is 2. The first-order valence-electron chi connectivity index (χ1n) is 9.60. The topological polar surface area (TPSA) is 102 Å². The van der Waals surface area contributed by atoms with Gasteiger partial charge in [-0.1, -0.05) is 72.8 Å². The van der Waals surface area contributed by atoms with E-state index in [1.807, 2.05) is 18.2 Å². The van der Waals surface area contributed by atoms with Crippen LogP contribution in [0.15, 0.2) is 84.9 Å². The van der Waals surface area contributed by atoms with Gasteiger partial charge in [0, 0.05) is 0 Å². The molecule has 0 bridgehead atoms. The zero-order chi connectivity index (χ0) is 21.8. The van der Waals surface area contributed by atoms with E-state index in [2.05, 4.69) is 10.6 Å². The Labute approximate surface area is 178 Å². The maximum absolute atomic E-state index is 13.6. The fourth-order valence-corrected chi connectivity index (χ4v) is 3.68. The highest BCUT2D eigenvalue weighted by Crippen LogP contribution is 2.35. The van der Waals surface area contributed by atoms with Gasteiger partial charge in [-0.05, 0) is 23.3 Å². The standard InChI is InChI=1S/C24H18N4O3/c25-15-17-9-7-8-14-20(17)26-21(29)16-28-22(30)24(27-23(28)31,18-10-3-1-4-11-18)19-12-5-2-6-13-19/h1-14H,16H2,(H,26,29)(H,27,31). The van der Waals surface area contributed by atoms with Crippen molar-refractivity contribution >= 4 is 23.5 Å². The van der Waals surface area contributed by atoms with Crippen molar-refractivity contribution < 1.29 is 14.4 Å². The monoisotopic (exact) mass is 410 g/mol. The van der Waals surface area contributed by atoms with Gasteiger partial charge in [0.2, 0.25) is 5.91 Å². The second-order valence-electron chi connectivity index (χ2n) is 7.01. The van der Waals surface area contributed by atoms with Gasteiger partial charge in [-0.15, -0.1) is 0 Å². The molecule has 0 aliphatic carbocycles. The minimum atomic E-state index is -1.43. The third kappa shape index (κ3) is 3.51. The van der Waals surface area contributed by atoms with E-state index in [4.69, 9.17) is 0 Å². The summed E-state index contributed by atoms with van der Waals surface area (Å²) < 4.78 is 0. The van der Waals surface area contributed by atoms with E-state index in [-0.39, 0.29) is 5.56 Å². The van der Waals surface area contributed by atoms with Crippen molar-refractivity contribution in [2.24, 2.45) is 0 Å². The molecule has 0 atom stereocenters. The average Bonchev–Trinajstić information content (AvgIpc) is 3.06. The Bertz CT molecular complexity index is 1150. The summed E-state index contributed by atoms with van der Waals surface area (Å²) in [6.07, 6.45) is 0. The number of urea groups is 1. The molecule has 3 aromatic rings. The SMILES string of the molecule is N#Cc1ccccc1NC(=O)CN1C(=O)NC(c2ccccc2)(c2ccccc2)C1=O. The molecule has 0 aromatic heterocycles. The summed E-state index contributed by atoms with van der Waals surface area (Å²) in [7, 11) is 0. The Kier molecular flexibility index (Phi) is 5.21. The lowest BCUT2D eigenvalue weighted by Gasteiger charge is -2.28. The highest BCUT2D eigenvalue weighted by Gasteiger charge is 2.54. The highest BCUT2D eigenvalue weighted by molar-refractivity contribution is 6.12. The molecule has 152 valence electrons. The van der Waals surface area contributed by atoms with Crippen molar-refractivity contribution in [1.82, 2.24) is 10.2 Å². The van der Waals surface area contributed by atoms with Crippen LogP contribution in [-0.2, 0) is 15.1 Å². The molecule has 7 nitrogen and oxygen atoms in total. The molecule has 0 saturated carbocycles. The van der Waals surface area contributed by atoms with Gasteiger partial charge in [-0.2, -0.15) is 5.26 Å². The van der Waals surface area contributed by atoms with Crippen LogP contribution >= 0.6 is 0 Å². The zero-order valence-corrected chi connectivity index (χ0v) is 16.4. The van der Waals surface area contributed by atoms with Crippen LogP contribution in [0.5, 0.6) is 0 Å². The van der Waals surface area contributed by atoms with Crippen molar-refractivity contribution in [3.05, 3.63) is 102 Å². The second-order valence-corrected chi connectivity index (χ2v) is 7.01. The number of imide groups is 1. The van der Waals surface area contributed by atoms with Crippen LogP contribution in [0, 0.1) is 11.3 Å². The number of rotatable bonds is 5. The molecule has 1 heterocycles. The summed E-state index contributed by atoms with van der Waals surface area (Å²) in [6, 6.07) is 25.7. The van der Waals surface area contributed by atoms with Crippen molar-refractivity contribution in [3.8, 4) is 6.07 Å². The molecule has 1 saturated heterocycles. The van der Waals surface area contributed by atoms with E-state index >= 15 is 0 Å². The predicted molar refractivity (Wildman–Crippen MR) is 114 cm³/mol. The number of carbonyl (C=O) groups is 3. The molecule has 1 aliphatic heterocycles. The summed E-state index contributed by atoms with van der Waals surface area (Å²) in [5, 5.41) is 14.6. The Morgan fingerprint density at radius 2 is 1.45 bits per heavy atom. The third-order valence-electron chi connectivity index (χ3n) is 5.14. The number of benzene rings is 3. The fourth-order valence-electron chi connectivity index (χ4n) is 3.68. The average molecular weight is 410 g/mol. The summed E-state index contributed by atoms with van der Waals surface area (Å²) >= 11 is 0. The van der Waals surface area contributed by atoms with Crippen molar-refractivity contribution in [1.29, 1.82) is 5.26 Å². The van der Waals surface area contributed by atoms with Crippen LogP contribution in [0.25, 0.3) is 0 Å². The minimum absolute atomic E-state index is 0.288. The van der Waals surface area contributed by atoms with Gasteiger partial charge < -0.3 is 10.6 Å². The number of nitrogens with zero attached hydrogens (tertiary/aromatic N) is 2. The molecule has 1 fully saturated rings. The van der Waals surface area contributed by atoms with Crippen molar-refractivity contribution in [2.45, 2.75) is 5.54 Å². The van der Waals surface area contributed by atoms with E-state index in [0.29, 0.717) is 16.8 Å². The van der Waals surface area contributed by atoms with Crippen LogP contribution in [0.2, 0.25) is 0 Å². The van der Waals surface area contributed by atoms with E-state index < -0.39 is 29.9 Å². The van der Waals surface area contributed by atoms with Crippen LogP contribution in [0.4, 0.5) is 10.5 Å². The van der Waals surface area contributed by atoms with Gasteiger partial charge in [0.05, 0.1) is 11.3 Å². The number of hydrogen-bond donors (Lipinski definition) is 2. The number of nitriles is 1. The first kappa shape index (κ1) is 19.9. The lowest BCUT2D eigenvalue weighted by atomic mass is 9.82. The summed E-state index contributed by atoms with van der Waals surface area (Å²) in [5.41, 5.74) is 0.370. The normalized spacial score (nSPS) is 14.6. The molecule has 0 spiro atoms. The van der Waals surface area contributed by atoms with Crippen LogP contribution in [0.3, 0.4) is 0 Å². The first-order chi connectivity index (χ1) is 15.1. The maximum Gasteiger partial charge on any atom is 0.326 e. The fraction of sp³-hybridized carbons (Fsp3) is 0.0833. The molecule has 31 heavy (non-hydrogen) atoms. The number of hydrogen-bond acceptors (Lipinski definition) is 4. The molecule has 3 aromatic carbocycles. The van der Waals surface area contributed by atoms with Gasteiger partial charge in [0.1, 0.15) is 12.6 Å². The van der Waals surface area contributed by atoms with Gasteiger partial charge >= 0.3 is 6.03 Å². The van der Waals surface area contributed by atoms with E-state index in [9.17, 15) is 19.6 Å². The van der Waals surface area contributed by atoms with Gasteiger partial charge in [-0.3, -0.25) is 14.5 Å². The van der Waals surface area contributed by atoms with Gasteiger partial charge in [0.25, 0.3) is 5.91 Å². The maximum atomic E-state index is 13.6. The van der Waals surface area contributed by atoms with Crippen molar-refractivity contribution in [2.75, 3.05) is 11.9 Å². The largest absolute Gasteiger partial charge is 0.326 e. The number of amides is 4. The number of carbonyl (C=O) groups excluding carboxylic acids is 3. The Balaban J connectivity index is 1.65. The van der Waals surface area contributed by atoms with Crippen LogP contribution < -0.4 is 10.6 Å². The number of anilines is 1. The predicted octanol–water partition coefficient (Wildman–Crippen LogP) is 2.99. The molecule has 2 N–H and O–H groups in total. The molecule has 4 rings (SSSR count). The Morgan fingerprint density at radius 1 is 0.903 bits per heavy atom. The quantitative estimate of drug-likeness (QED) is 0.631. The Morgan fingerprint density at radius 3 is 2.03 bits per heavy atom. The zero-order valence-electron chi connectivity index (χ0n) is 16.4. The molecule has 1 aliphatic rings. The summed E-state index contributed by atoms with van der Waals surface area (Å²) in [5.74, 6) is -1.12. The van der Waals surface area contributed by atoms with Crippen molar-refractivity contribution in [3.63, 3.8) is 0 Å². The van der Waals surface area contributed by atoms with E-state index in [1.165, 1.54) is 0 Å². The third-order valence-corrected chi connectivity index (χ3v) is 5.14. The second kappa shape index (κ2) is 8.13. The summed E-state index contributed by atoms with van der Waals surface area (Å²) in [4.78, 5) is 39.9. The van der Waals surface area contributed by atoms with Crippen LogP contribution in [-0.4, -0.2) is 29.3 Å². The Hall–Kier alpha value is -4.44. The number of para-hydroxylation sites is 1. The van der Waals surface area contributed by atoms with Gasteiger partial charge in [-0.25, -0.2) is 4.79 Å². The molecule has 0 radical (unpaired) electrons. The smallest absolute Gasteiger partial charge is 0.323 e. The molecule has 4 amide bonds. The molecular formula is C24H18N4O3. The van der Waals surface area contributed by atoms with Crippen LogP contribution in [0.1, 0.15) is 16.7 Å². The first-order valence-corrected chi connectivity index (χ1v) is 9.60. The highest BCUT2D eigenvalue weighted by atomic mass is 16.2. The summed E-state index contributed by atoms with van der Waals surface area (Å²) in [6.45, 7) is -0.480.